The standard InChI is InChI=1S/C16H27N3S/c1-3-14-10-20-15(18-14)13-5-4-8-19(9-13)12-16(2)6-7-17-11-16/h10,13,17H,3-9,11-12H2,1-2H3. The third-order valence-electron chi connectivity index (χ3n) is 4.85. The monoisotopic (exact) mass is 293 g/mol. The summed E-state index contributed by atoms with van der Waals surface area (Å²) in [5.74, 6) is 0.673. The third kappa shape index (κ3) is 3.23. The molecule has 3 rings (SSSR count). The molecular formula is C16H27N3S. The van der Waals surface area contributed by atoms with Gasteiger partial charge in [0.25, 0.3) is 0 Å². The Morgan fingerprint density at radius 1 is 1.55 bits per heavy atom. The molecule has 0 radical (unpaired) electrons. The molecule has 0 saturated carbocycles. The summed E-state index contributed by atoms with van der Waals surface area (Å²) in [6.07, 6.45) is 5.04. The Bertz CT molecular complexity index is 437. The number of likely N-dealkylation sites (tertiary alicyclic amines) is 1. The van der Waals surface area contributed by atoms with E-state index < -0.39 is 0 Å². The predicted octanol–water partition coefficient (Wildman–Crippen LogP) is 2.88. The van der Waals surface area contributed by atoms with E-state index >= 15 is 0 Å². The van der Waals surface area contributed by atoms with E-state index in [1.807, 2.05) is 11.3 Å². The molecule has 0 amide bonds. The maximum atomic E-state index is 4.82. The zero-order valence-electron chi connectivity index (χ0n) is 12.8. The van der Waals surface area contributed by atoms with Crippen LogP contribution < -0.4 is 5.32 Å². The van der Waals surface area contributed by atoms with E-state index in [9.17, 15) is 0 Å². The summed E-state index contributed by atoms with van der Waals surface area (Å²) in [5.41, 5.74) is 1.76. The first-order valence-corrected chi connectivity index (χ1v) is 8.94. The van der Waals surface area contributed by atoms with Gasteiger partial charge in [0.15, 0.2) is 0 Å². The van der Waals surface area contributed by atoms with Crippen molar-refractivity contribution < 1.29 is 0 Å². The van der Waals surface area contributed by atoms with E-state index in [1.54, 1.807) is 0 Å². The van der Waals surface area contributed by atoms with Crippen LogP contribution in [-0.2, 0) is 6.42 Å². The molecule has 4 heteroatoms. The quantitative estimate of drug-likeness (QED) is 0.925. The van der Waals surface area contributed by atoms with Gasteiger partial charge >= 0.3 is 0 Å². The van der Waals surface area contributed by atoms with Crippen LogP contribution in [0.5, 0.6) is 0 Å². The molecule has 2 aliphatic rings. The van der Waals surface area contributed by atoms with Gasteiger partial charge in [-0.15, -0.1) is 11.3 Å². The topological polar surface area (TPSA) is 28.2 Å². The molecule has 2 aliphatic heterocycles. The summed E-state index contributed by atoms with van der Waals surface area (Å²) >= 11 is 1.87. The van der Waals surface area contributed by atoms with Crippen LogP contribution in [0, 0.1) is 5.41 Å². The van der Waals surface area contributed by atoms with Crippen LogP contribution in [0.2, 0.25) is 0 Å². The molecule has 2 fully saturated rings. The van der Waals surface area contributed by atoms with Crippen molar-refractivity contribution in [3.8, 4) is 0 Å². The Morgan fingerprint density at radius 3 is 3.15 bits per heavy atom. The first-order chi connectivity index (χ1) is 9.68. The lowest BCUT2D eigenvalue weighted by atomic mass is 9.87. The van der Waals surface area contributed by atoms with Crippen molar-refractivity contribution in [1.82, 2.24) is 15.2 Å². The Hall–Kier alpha value is -0.450. The molecule has 0 bridgehead atoms. The Labute approximate surface area is 126 Å². The van der Waals surface area contributed by atoms with Gasteiger partial charge in [-0.05, 0) is 44.2 Å². The molecule has 1 aromatic rings. The Kier molecular flexibility index (Phi) is 4.43. The number of thiazole rings is 1. The molecule has 3 nitrogen and oxygen atoms in total. The Morgan fingerprint density at radius 2 is 2.45 bits per heavy atom. The maximum absolute atomic E-state index is 4.82. The SMILES string of the molecule is CCc1csc(C2CCCN(CC3(C)CCNC3)C2)n1. The molecule has 0 spiro atoms. The highest BCUT2D eigenvalue weighted by Gasteiger charge is 2.33. The van der Waals surface area contributed by atoms with Crippen LogP contribution in [0.3, 0.4) is 0 Å². The van der Waals surface area contributed by atoms with Crippen LogP contribution in [0.15, 0.2) is 5.38 Å². The molecule has 3 heterocycles. The fraction of sp³-hybridized carbons (Fsp3) is 0.812. The molecule has 0 aliphatic carbocycles. The summed E-state index contributed by atoms with van der Waals surface area (Å²) < 4.78 is 0. The highest BCUT2D eigenvalue weighted by atomic mass is 32.1. The van der Waals surface area contributed by atoms with Crippen molar-refractivity contribution in [2.24, 2.45) is 5.41 Å². The van der Waals surface area contributed by atoms with Gasteiger partial charge in [0, 0.05) is 30.9 Å². The first-order valence-electron chi connectivity index (χ1n) is 8.06. The largest absolute Gasteiger partial charge is 0.316 e. The van der Waals surface area contributed by atoms with Crippen LogP contribution in [0.1, 0.15) is 49.7 Å². The van der Waals surface area contributed by atoms with Crippen molar-refractivity contribution in [3.63, 3.8) is 0 Å². The predicted molar refractivity (Wildman–Crippen MR) is 85.5 cm³/mol. The van der Waals surface area contributed by atoms with Crippen LogP contribution >= 0.6 is 11.3 Å². The lowest BCUT2D eigenvalue weighted by Crippen LogP contribution is -2.42. The number of nitrogens with one attached hydrogen (secondary N) is 1. The number of aromatic nitrogens is 1. The van der Waals surface area contributed by atoms with E-state index in [-0.39, 0.29) is 0 Å². The minimum atomic E-state index is 0.485. The third-order valence-corrected chi connectivity index (χ3v) is 5.90. The van der Waals surface area contributed by atoms with Gasteiger partial charge < -0.3 is 10.2 Å². The van der Waals surface area contributed by atoms with Gasteiger partial charge in [-0.25, -0.2) is 4.98 Å². The van der Waals surface area contributed by atoms with Crippen molar-refractivity contribution >= 4 is 11.3 Å². The second-order valence-corrected chi connectivity index (χ2v) is 7.73. The molecule has 2 unspecified atom stereocenters. The fourth-order valence-corrected chi connectivity index (χ4v) is 4.65. The second-order valence-electron chi connectivity index (χ2n) is 6.84. The molecule has 1 N–H and O–H groups in total. The highest BCUT2D eigenvalue weighted by Crippen LogP contribution is 2.32. The van der Waals surface area contributed by atoms with Gasteiger partial charge in [-0.1, -0.05) is 13.8 Å². The zero-order valence-corrected chi connectivity index (χ0v) is 13.6. The van der Waals surface area contributed by atoms with Crippen molar-refractivity contribution in [3.05, 3.63) is 16.1 Å². The lowest BCUT2D eigenvalue weighted by Gasteiger charge is -2.37. The van der Waals surface area contributed by atoms with Crippen molar-refractivity contribution in [2.75, 3.05) is 32.7 Å². The van der Waals surface area contributed by atoms with Crippen LogP contribution in [0.4, 0.5) is 0 Å². The lowest BCUT2D eigenvalue weighted by molar-refractivity contribution is 0.141. The average Bonchev–Trinajstić information content (AvgIpc) is 3.08. The van der Waals surface area contributed by atoms with Gasteiger partial charge in [0.05, 0.1) is 10.7 Å². The van der Waals surface area contributed by atoms with Gasteiger partial charge in [0.1, 0.15) is 0 Å². The Balaban J connectivity index is 1.61. The number of nitrogens with zero attached hydrogens (tertiary/aromatic N) is 2. The number of hydrogen-bond acceptors (Lipinski definition) is 4. The molecule has 2 saturated heterocycles. The number of hydrogen-bond donors (Lipinski definition) is 1. The summed E-state index contributed by atoms with van der Waals surface area (Å²) in [5, 5.41) is 7.14. The number of rotatable bonds is 4. The molecule has 2 atom stereocenters. The average molecular weight is 293 g/mol. The van der Waals surface area contributed by atoms with E-state index in [0.29, 0.717) is 11.3 Å². The minimum absolute atomic E-state index is 0.485. The molecule has 1 aromatic heterocycles. The number of piperidine rings is 1. The van der Waals surface area contributed by atoms with E-state index in [0.717, 1.165) is 6.42 Å². The van der Waals surface area contributed by atoms with Crippen LogP contribution in [0.25, 0.3) is 0 Å². The summed E-state index contributed by atoms with van der Waals surface area (Å²) in [6, 6.07) is 0. The highest BCUT2D eigenvalue weighted by molar-refractivity contribution is 7.09. The molecular weight excluding hydrogens is 266 g/mol. The fourth-order valence-electron chi connectivity index (χ4n) is 3.62. The van der Waals surface area contributed by atoms with Crippen molar-refractivity contribution in [1.29, 1.82) is 0 Å². The summed E-state index contributed by atoms with van der Waals surface area (Å²) in [4.78, 5) is 7.50. The molecule has 112 valence electrons. The zero-order chi connectivity index (χ0) is 14.0. The minimum Gasteiger partial charge on any atom is -0.316 e. The van der Waals surface area contributed by atoms with Gasteiger partial charge in [-0.2, -0.15) is 0 Å². The van der Waals surface area contributed by atoms with Crippen molar-refractivity contribution in [2.45, 2.75) is 45.4 Å². The van der Waals surface area contributed by atoms with Gasteiger partial charge in [-0.3, -0.25) is 0 Å². The number of aryl methyl sites for hydroxylation is 1. The molecule has 0 aromatic carbocycles. The van der Waals surface area contributed by atoms with Gasteiger partial charge in [0.2, 0.25) is 0 Å². The molecule has 20 heavy (non-hydrogen) atoms. The summed E-state index contributed by atoms with van der Waals surface area (Å²) in [7, 11) is 0. The normalized spacial score (nSPS) is 31.8. The van der Waals surface area contributed by atoms with E-state index in [4.69, 9.17) is 4.98 Å². The first kappa shape index (κ1) is 14.5. The summed E-state index contributed by atoms with van der Waals surface area (Å²) in [6.45, 7) is 10.8. The smallest absolute Gasteiger partial charge is 0.0972 e. The second kappa shape index (κ2) is 6.12. The van der Waals surface area contributed by atoms with E-state index in [1.165, 1.54) is 62.7 Å². The van der Waals surface area contributed by atoms with E-state index in [2.05, 4.69) is 29.4 Å². The van der Waals surface area contributed by atoms with Crippen LogP contribution in [-0.4, -0.2) is 42.6 Å². The maximum Gasteiger partial charge on any atom is 0.0972 e.